The van der Waals surface area contributed by atoms with Gasteiger partial charge in [-0.3, -0.25) is 14.9 Å². The number of carbonyl (C=O) groups is 3. The molecule has 0 saturated heterocycles. The standard InChI is InChI=1S/C17H28N4O5/c1-16(2,3)14-19-12(26-21-14)8-7-9-13(23)25-10-11(22)18-15(24)20-17(4,5)6/h7-10H2,1-6H3,(H2,18,20,22,24). The van der Waals surface area contributed by atoms with E-state index in [1.807, 2.05) is 20.8 Å². The molecule has 0 aliphatic heterocycles. The Kier molecular flexibility index (Phi) is 7.29. The van der Waals surface area contributed by atoms with Crippen LogP contribution in [-0.2, 0) is 26.2 Å². The van der Waals surface area contributed by atoms with Crippen molar-refractivity contribution in [3.63, 3.8) is 0 Å². The van der Waals surface area contributed by atoms with Crippen molar-refractivity contribution < 1.29 is 23.6 Å². The summed E-state index contributed by atoms with van der Waals surface area (Å²) < 4.78 is 9.97. The average molecular weight is 368 g/mol. The Morgan fingerprint density at radius 1 is 1.12 bits per heavy atom. The van der Waals surface area contributed by atoms with E-state index in [2.05, 4.69) is 20.8 Å². The van der Waals surface area contributed by atoms with Gasteiger partial charge in [-0.15, -0.1) is 0 Å². The number of rotatable bonds is 6. The van der Waals surface area contributed by atoms with Crippen LogP contribution in [0.25, 0.3) is 0 Å². The molecule has 9 nitrogen and oxygen atoms in total. The van der Waals surface area contributed by atoms with Gasteiger partial charge < -0.3 is 14.6 Å². The monoisotopic (exact) mass is 368 g/mol. The van der Waals surface area contributed by atoms with Gasteiger partial charge in [-0.25, -0.2) is 4.79 Å². The van der Waals surface area contributed by atoms with Gasteiger partial charge in [0.1, 0.15) is 0 Å². The van der Waals surface area contributed by atoms with Crippen molar-refractivity contribution in [2.45, 2.75) is 71.8 Å². The third-order valence-electron chi connectivity index (χ3n) is 3.02. The second-order valence-electron chi connectivity index (χ2n) is 8.03. The van der Waals surface area contributed by atoms with Crippen LogP contribution in [0.4, 0.5) is 4.79 Å². The molecule has 9 heteroatoms. The summed E-state index contributed by atoms with van der Waals surface area (Å²) >= 11 is 0. The highest BCUT2D eigenvalue weighted by atomic mass is 16.5. The van der Waals surface area contributed by atoms with Crippen LogP contribution in [0.5, 0.6) is 0 Å². The zero-order chi connectivity index (χ0) is 20.0. The number of ether oxygens (including phenoxy) is 1. The number of hydrogen-bond acceptors (Lipinski definition) is 7. The quantitative estimate of drug-likeness (QED) is 0.734. The van der Waals surface area contributed by atoms with Crippen LogP contribution in [0.2, 0.25) is 0 Å². The van der Waals surface area contributed by atoms with E-state index in [1.165, 1.54) is 0 Å². The molecule has 2 N–H and O–H groups in total. The summed E-state index contributed by atoms with van der Waals surface area (Å²) in [5.74, 6) is -0.154. The van der Waals surface area contributed by atoms with Crippen LogP contribution >= 0.6 is 0 Å². The van der Waals surface area contributed by atoms with E-state index in [0.717, 1.165) is 0 Å². The van der Waals surface area contributed by atoms with Gasteiger partial charge in [0.25, 0.3) is 5.91 Å². The Morgan fingerprint density at radius 3 is 2.31 bits per heavy atom. The number of hydrogen-bond donors (Lipinski definition) is 2. The van der Waals surface area contributed by atoms with E-state index in [0.29, 0.717) is 24.6 Å². The molecule has 26 heavy (non-hydrogen) atoms. The lowest BCUT2D eigenvalue weighted by Crippen LogP contribution is -2.49. The highest BCUT2D eigenvalue weighted by Gasteiger charge is 2.21. The van der Waals surface area contributed by atoms with Crippen molar-refractivity contribution in [3.05, 3.63) is 11.7 Å². The molecular weight excluding hydrogens is 340 g/mol. The summed E-state index contributed by atoms with van der Waals surface area (Å²) in [6, 6.07) is -0.635. The summed E-state index contributed by atoms with van der Waals surface area (Å²) in [5.41, 5.74) is -0.671. The number of esters is 1. The Morgan fingerprint density at radius 2 is 1.77 bits per heavy atom. The van der Waals surface area contributed by atoms with Crippen molar-refractivity contribution in [2.75, 3.05) is 6.61 Å². The molecule has 0 radical (unpaired) electrons. The van der Waals surface area contributed by atoms with Crippen LogP contribution < -0.4 is 10.6 Å². The first-order valence-corrected chi connectivity index (χ1v) is 8.47. The summed E-state index contributed by atoms with van der Waals surface area (Å²) in [5, 5.41) is 8.56. The molecule has 0 spiro atoms. The van der Waals surface area contributed by atoms with Crippen molar-refractivity contribution in [2.24, 2.45) is 0 Å². The number of amides is 3. The predicted molar refractivity (Wildman–Crippen MR) is 93.3 cm³/mol. The van der Waals surface area contributed by atoms with Crippen molar-refractivity contribution in [1.29, 1.82) is 0 Å². The topological polar surface area (TPSA) is 123 Å². The average Bonchev–Trinajstić information content (AvgIpc) is 2.92. The summed E-state index contributed by atoms with van der Waals surface area (Å²) in [7, 11) is 0. The van der Waals surface area contributed by atoms with Gasteiger partial charge in [0, 0.05) is 23.8 Å². The molecule has 1 aromatic rings. The van der Waals surface area contributed by atoms with Crippen LogP contribution in [0.3, 0.4) is 0 Å². The second kappa shape index (κ2) is 8.77. The normalized spacial score (nSPS) is 11.8. The first-order valence-electron chi connectivity index (χ1n) is 8.47. The predicted octanol–water partition coefficient (Wildman–Crippen LogP) is 1.86. The molecule has 3 amide bonds. The molecule has 0 unspecified atom stereocenters. The Labute approximate surface area is 153 Å². The minimum atomic E-state index is -0.688. The molecule has 1 heterocycles. The maximum Gasteiger partial charge on any atom is 0.321 e. The smallest absolute Gasteiger partial charge is 0.321 e. The molecule has 146 valence electrons. The highest BCUT2D eigenvalue weighted by molar-refractivity contribution is 5.95. The summed E-state index contributed by atoms with van der Waals surface area (Å²) in [6.45, 7) is 10.8. The summed E-state index contributed by atoms with van der Waals surface area (Å²) in [6.07, 6.45) is 1.00. The second-order valence-corrected chi connectivity index (χ2v) is 8.03. The van der Waals surface area contributed by atoms with Crippen LogP contribution in [-0.4, -0.2) is 40.2 Å². The van der Waals surface area contributed by atoms with Crippen molar-refractivity contribution in [1.82, 2.24) is 20.8 Å². The number of nitrogens with one attached hydrogen (secondary N) is 2. The van der Waals surface area contributed by atoms with Crippen LogP contribution in [0.15, 0.2) is 4.52 Å². The van der Waals surface area contributed by atoms with Gasteiger partial charge in [-0.2, -0.15) is 4.98 Å². The molecule has 0 saturated carbocycles. The molecular formula is C17H28N4O5. The van der Waals surface area contributed by atoms with Crippen LogP contribution in [0, 0.1) is 0 Å². The Hall–Kier alpha value is -2.45. The summed E-state index contributed by atoms with van der Waals surface area (Å²) in [4.78, 5) is 39.0. The first kappa shape index (κ1) is 21.6. The first-order chi connectivity index (χ1) is 11.9. The maximum atomic E-state index is 11.6. The number of nitrogens with zero attached hydrogens (tertiary/aromatic N) is 2. The van der Waals surface area contributed by atoms with E-state index in [4.69, 9.17) is 9.26 Å². The maximum absolute atomic E-state index is 11.6. The number of carbonyl (C=O) groups excluding carboxylic acids is 3. The number of urea groups is 1. The van der Waals surface area contributed by atoms with Gasteiger partial charge >= 0.3 is 12.0 Å². The van der Waals surface area contributed by atoms with Gasteiger partial charge in [0.15, 0.2) is 12.4 Å². The lowest BCUT2D eigenvalue weighted by Gasteiger charge is -2.20. The van der Waals surface area contributed by atoms with E-state index >= 15 is 0 Å². The minimum absolute atomic E-state index is 0.106. The zero-order valence-electron chi connectivity index (χ0n) is 16.3. The van der Waals surface area contributed by atoms with E-state index in [1.54, 1.807) is 20.8 Å². The Bertz CT molecular complexity index is 640. The molecule has 0 aliphatic rings. The molecule has 0 atom stereocenters. The number of aromatic nitrogens is 2. The van der Waals surface area contributed by atoms with Gasteiger partial charge in [0.05, 0.1) is 0 Å². The van der Waals surface area contributed by atoms with Gasteiger partial charge in [0.2, 0.25) is 5.89 Å². The van der Waals surface area contributed by atoms with Gasteiger partial charge in [-0.05, 0) is 27.2 Å². The third-order valence-corrected chi connectivity index (χ3v) is 3.02. The third kappa shape index (κ3) is 8.59. The SMILES string of the molecule is CC(C)(C)NC(=O)NC(=O)COC(=O)CCCc1nc(C(C)(C)C)no1. The minimum Gasteiger partial charge on any atom is -0.456 e. The Balaban J connectivity index is 2.25. The van der Waals surface area contributed by atoms with E-state index < -0.39 is 30.1 Å². The van der Waals surface area contributed by atoms with Gasteiger partial charge in [-0.1, -0.05) is 25.9 Å². The van der Waals surface area contributed by atoms with Crippen molar-refractivity contribution >= 4 is 17.9 Å². The van der Waals surface area contributed by atoms with E-state index in [-0.39, 0.29) is 11.8 Å². The van der Waals surface area contributed by atoms with E-state index in [9.17, 15) is 14.4 Å². The molecule has 0 bridgehead atoms. The fraction of sp³-hybridized carbons (Fsp3) is 0.706. The lowest BCUT2D eigenvalue weighted by atomic mass is 9.96. The molecule has 0 aromatic carbocycles. The fourth-order valence-electron chi connectivity index (χ4n) is 1.80. The lowest BCUT2D eigenvalue weighted by molar-refractivity contribution is -0.148. The largest absolute Gasteiger partial charge is 0.456 e. The molecule has 0 aliphatic carbocycles. The molecule has 1 rings (SSSR count). The zero-order valence-corrected chi connectivity index (χ0v) is 16.3. The molecule has 1 aromatic heterocycles. The van der Waals surface area contributed by atoms with Crippen LogP contribution in [0.1, 0.15) is 66.1 Å². The number of imide groups is 1. The molecule has 0 fully saturated rings. The number of aryl methyl sites for hydroxylation is 1. The highest BCUT2D eigenvalue weighted by Crippen LogP contribution is 2.18. The van der Waals surface area contributed by atoms with Crippen molar-refractivity contribution in [3.8, 4) is 0 Å². The fourth-order valence-corrected chi connectivity index (χ4v) is 1.80.